The minimum atomic E-state index is -0.872. The molecular weight excluding hydrogens is 324 g/mol. The van der Waals surface area contributed by atoms with Crippen molar-refractivity contribution >= 4 is 12.2 Å². The average Bonchev–Trinajstić information content (AvgIpc) is 2.70. The molecule has 0 bridgehead atoms. The Balaban J connectivity index is 2.17. The van der Waals surface area contributed by atoms with Crippen LogP contribution in [0.2, 0.25) is 0 Å². The van der Waals surface area contributed by atoms with E-state index in [1.165, 1.54) is 55.2 Å². The number of hydrogen-bond donors (Lipinski definition) is 0. The van der Waals surface area contributed by atoms with E-state index in [2.05, 4.69) is 31.4 Å². The molecular formula is C23H36O3. The Labute approximate surface area is 160 Å². The average molecular weight is 361 g/mol. The van der Waals surface area contributed by atoms with Gasteiger partial charge in [-0.3, -0.25) is 0 Å². The van der Waals surface area contributed by atoms with Crippen molar-refractivity contribution < 1.29 is 14.2 Å². The van der Waals surface area contributed by atoms with E-state index < -0.39 is 5.97 Å². The van der Waals surface area contributed by atoms with E-state index in [0.717, 1.165) is 19.3 Å². The molecule has 1 aromatic rings. The number of hydrogen-bond acceptors (Lipinski definition) is 3. The Bertz CT molecular complexity index is 524. The van der Waals surface area contributed by atoms with Gasteiger partial charge in [0, 0.05) is 27.8 Å². The highest BCUT2D eigenvalue weighted by Gasteiger charge is 2.28. The Morgan fingerprint density at radius 1 is 0.808 bits per heavy atom. The van der Waals surface area contributed by atoms with Gasteiger partial charge in [-0.05, 0) is 36.0 Å². The van der Waals surface area contributed by atoms with Crippen LogP contribution in [0.15, 0.2) is 31.4 Å². The number of unbranched alkanes of at least 4 members (excludes halogenated alkanes) is 6. The van der Waals surface area contributed by atoms with Crippen molar-refractivity contribution in [2.24, 2.45) is 0 Å². The first-order chi connectivity index (χ1) is 12.6. The lowest BCUT2D eigenvalue weighted by Crippen LogP contribution is -2.35. The normalized spacial score (nSPS) is 11.5. The molecule has 146 valence electrons. The molecule has 3 heteroatoms. The largest absolute Gasteiger partial charge is 0.331 e. The Morgan fingerprint density at radius 3 is 1.92 bits per heavy atom. The maximum atomic E-state index is 5.32. The quantitative estimate of drug-likeness (QED) is 0.274. The van der Waals surface area contributed by atoms with Crippen molar-refractivity contribution in [2.45, 2.75) is 63.8 Å². The van der Waals surface area contributed by atoms with Crippen molar-refractivity contribution in [3.05, 3.63) is 48.0 Å². The van der Waals surface area contributed by atoms with E-state index >= 15 is 0 Å². The Kier molecular flexibility index (Phi) is 11.2. The lowest BCUT2D eigenvalue weighted by Gasteiger charge is -2.28. The lowest BCUT2D eigenvalue weighted by atomic mass is 9.98. The third-order valence-electron chi connectivity index (χ3n) is 4.98. The van der Waals surface area contributed by atoms with Crippen molar-refractivity contribution in [1.82, 2.24) is 0 Å². The van der Waals surface area contributed by atoms with Gasteiger partial charge < -0.3 is 14.2 Å². The summed E-state index contributed by atoms with van der Waals surface area (Å²) in [5.41, 5.74) is 3.81. The van der Waals surface area contributed by atoms with Crippen LogP contribution in [-0.4, -0.2) is 27.3 Å². The van der Waals surface area contributed by atoms with E-state index in [1.54, 1.807) is 21.3 Å². The van der Waals surface area contributed by atoms with E-state index in [0.29, 0.717) is 0 Å². The minimum Gasteiger partial charge on any atom is -0.331 e. The smallest absolute Gasteiger partial charge is 0.282 e. The lowest BCUT2D eigenvalue weighted by molar-refractivity contribution is -0.355. The zero-order chi connectivity index (χ0) is 19.3. The van der Waals surface area contributed by atoms with Gasteiger partial charge >= 0.3 is 0 Å². The second-order valence-electron chi connectivity index (χ2n) is 6.64. The van der Waals surface area contributed by atoms with Gasteiger partial charge in [0.2, 0.25) is 0 Å². The third-order valence-corrected chi connectivity index (χ3v) is 4.98. The highest BCUT2D eigenvalue weighted by Crippen LogP contribution is 2.22. The van der Waals surface area contributed by atoms with Crippen LogP contribution in [0.25, 0.3) is 12.2 Å². The second kappa shape index (κ2) is 12.9. The Hall–Kier alpha value is -1.42. The van der Waals surface area contributed by atoms with Crippen molar-refractivity contribution in [3.8, 4) is 0 Å². The zero-order valence-corrected chi connectivity index (χ0v) is 16.9. The van der Waals surface area contributed by atoms with Crippen molar-refractivity contribution in [2.75, 3.05) is 21.3 Å². The highest BCUT2D eigenvalue weighted by molar-refractivity contribution is 5.58. The fourth-order valence-corrected chi connectivity index (χ4v) is 3.27. The van der Waals surface area contributed by atoms with Crippen LogP contribution in [0.1, 0.15) is 68.1 Å². The van der Waals surface area contributed by atoms with E-state index in [9.17, 15) is 0 Å². The van der Waals surface area contributed by atoms with Crippen molar-refractivity contribution in [1.29, 1.82) is 0 Å². The summed E-state index contributed by atoms with van der Waals surface area (Å²) in [7, 11) is 4.86. The molecule has 0 unspecified atom stereocenters. The van der Waals surface area contributed by atoms with Gasteiger partial charge in [-0.25, -0.2) is 0 Å². The summed E-state index contributed by atoms with van der Waals surface area (Å²) in [6.07, 6.45) is 14.3. The molecule has 0 radical (unpaired) electrons. The van der Waals surface area contributed by atoms with Crippen LogP contribution in [0.5, 0.6) is 0 Å². The summed E-state index contributed by atoms with van der Waals surface area (Å²) >= 11 is 0. The molecule has 0 N–H and O–H groups in total. The van der Waals surface area contributed by atoms with Crippen LogP contribution < -0.4 is 0 Å². The second-order valence-corrected chi connectivity index (χ2v) is 6.64. The monoisotopic (exact) mass is 360 g/mol. The summed E-state index contributed by atoms with van der Waals surface area (Å²) < 4.78 is 15.9. The molecule has 0 amide bonds. The summed E-state index contributed by atoms with van der Waals surface area (Å²) in [4.78, 5) is 0. The molecule has 0 saturated carbocycles. The molecule has 0 atom stereocenters. The summed E-state index contributed by atoms with van der Waals surface area (Å²) in [6, 6.07) is 6.47. The molecule has 0 aromatic heterocycles. The molecule has 0 aliphatic heterocycles. The highest BCUT2D eigenvalue weighted by atomic mass is 16.9. The van der Waals surface area contributed by atoms with Crippen molar-refractivity contribution in [3.63, 3.8) is 0 Å². The molecule has 0 spiro atoms. The summed E-state index contributed by atoms with van der Waals surface area (Å²) in [6.45, 7) is 7.77. The molecule has 3 nitrogen and oxygen atoms in total. The third kappa shape index (κ3) is 7.45. The van der Waals surface area contributed by atoms with Gasteiger partial charge in [-0.1, -0.05) is 75.6 Å². The summed E-state index contributed by atoms with van der Waals surface area (Å²) in [5.74, 6) is -0.872. The molecule has 0 fully saturated rings. The first-order valence-corrected chi connectivity index (χ1v) is 9.68. The molecule has 0 saturated heterocycles. The van der Waals surface area contributed by atoms with Crippen LogP contribution in [0, 0.1) is 0 Å². The first kappa shape index (κ1) is 22.6. The predicted octanol–water partition coefficient (Wildman–Crippen LogP) is 6.23. The van der Waals surface area contributed by atoms with Gasteiger partial charge in [0.25, 0.3) is 5.97 Å². The maximum Gasteiger partial charge on any atom is 0.282 e. The predicted molar refractivity (Wildman–Crippen MR) is 111 cm³/mol. The minimum absolute atomic E-state index is 0.764. The van der Waals surface area contributed by atoms with E-state index in [4.69, 9.17) is 14.2 Å². The van der Waals surface area contributed by atoms with E-state index in [1.807, 2.05) is 12.2 Å². The topological polar surface area (TPSA) is 27.7 Å². The molecule has 0 heterocycles. The van der Waals surface area contributed by atoms with Crippen LogP contribution in [0.4, 0.5) is 0 Å². The van der Waals surface area contributed by atoms with Gasteiger partial charge in [0.05, 0.1) is 0 Å². The fourth-order valence-electron chi connectivity index (χ4n) is 3.27. The molecule has 0 aliphatic carbocycles. The zero-order valence-electron chi connectivity index (χ0n) is 16.9. The van der Waals surface area contributed by atoms with Gasteiger partial charge in [0.1, 0.15) is 0 Å². The standard InChI is InChI=1S/C23H36O3/c1-6-20-16-17-21(7-2)22(19-20)15-13-11-9-8-10-12-14-18-23(24-3,25-4)26-5/h6-7,16-17,19H,1-2,8-15,18H2,3-5H3. The first-order valence-electron chi connectivity index (χ1n) is 9.68. The van der Waals surface area contributed by atoms with E-state index in [-0.39, 0.29) is 0 Å². The van der Waals surface area contributed by atoms with Gasteiger partial charge in [-0.15, -0.1) is 0 Å². The molecule has 1 aromatic carbocycles. The number of aryl methyl sites for hydroxylation is 1. The van der Waals surface area contributed by atoms with Crippen LogP contribution in [-0.2, 0) is 20.6 Å². The van der Waals surface area contributed by atoms with Crippen LogP contribution in [0.3, 0.4) is 0 Å². The Morgan fingerprint density at radius 2 is 1.38 bits per heavy atom. The molecule has 1 rings (SSSR count). The van der Waals surface area contributed by atoms with Crippen LogP contribution >= 0.6 is 0 Å². The van der Waals surface area contributed by atoms with Gasteiger partial charge in [0.15, 0.2) is 0 Å². The molecule has 26 heavy (non-hydrogen) atoms. The fraction of sp³-hybridized carbons (Fsp3) is 0.565. The maximum absolute atomic E-state index is 5.32. The number of rotatable bonds is 15. The van der Waals surface area contributed by atoms with Gasteiger partial charge in [-0.2, -0.15) is 0 Å². The number of benzene rings is 1. The summed E-state index contributed by atoms with van der Waals surface area (Å²) in [5, 5.41) is 0. The SMILES string of the molecule is C=Cc1ccc(C=C)c(CCCCCCCCCC(OC)(OC)OC)c1. The number of ether oxygens (including phenoxy) is 3. The number of methoxy groups -OCH3 is 3. The molecule has 0 aliphatic rings.